The van der Waals surface area contributed by atoms with E-state index in [9.17, 15) is 13.2 Å². The van der Waals surface area contributed by atoms with E-state index in [1.54, 1.807) is 30.9 Å². The van der Waals surface area contributed by atoms with Gasteiger partial charge < -0.3 is 4.57 Å². The number of aryl methyl sites for hydroxylation is 1. The van der Waals surface area contributed by atoms with Gasteiger partial charge in [0.25, 0.3) is 0 Å². The molecule has 0 fully saturated rings. The molecule has 0 saturated carbocycles. The summed E-state index contributed by atoms with van der Waals surface area (Å²) in [6.07, 6.45) is 3.23. The van der Waals surface area contributed by atoms with Crippen molar-refractivity contribution in [3.8, 4) is 0 Å². The Morgan fingerprint density at radius 2 is 1.89 bits per heavy atom. The molecule has 0 aliphatic rings. The summed E-state index contributed by atoms with van der Waals surface area (Å²) >= 11 is 0. The first kappa shape index (κ1) is 13.5. The molecule has 1 aromatic heterocycles. The van der Waals surface area contributed by atoms with Gasteiger partial charge in [-0.25, -0.2) is 13.4 Å². The van der Waals surface area contributed by atoms with Gasteiger partial charge in [-0.3, -0.25) is 4.79 Å². The summed E-state index contributed by atoms with van der Waals surface area (Å²) in [6.45, 7) is 1.59. The molecule has 0 bridgehead atoms. The molecule has 2 rings (SSSR count). The summed E-state index contributed by atoms with van der Waals surface area (Å²) in [5.74, 6) is 0.138. The number of nitrogens with zero attached hydrogens (tertiary/aromatic N) is 2. The number of ketones is 1. The van der Waals surface area contributed by atoms with E-state index in [1.165, 1.54) is 24.3 Å². The van der Waals surface area contributed by atoms with E-state index in [1.807, 2.05) is 0 Å². The lowest BCUT2D eigenvalue weighted by Gasteiger charge is -2.04. The maximum Gasteiger partial charge on any atom is 0.228 e. The Balaban J connectivity index is 2.34. The minimum absolute atomic E-state index is 0.0413. The molecule has 0 saturated heterocycles. The predicted molar refractivity (Wildman–Crippen MR) is 70.8 cm³/mol. The standard InChI is InChI=1S/C13H14N2O3S/c1-3-19(17,18)11-6-4-10(5-7-11)12(16)13-14-8-9-15(13)2/h4-9H,3H2,1-2H3. The maximum atomic E-state index is 12.1. The van der Waals surface area contributed by atoms with Crippen LogP contribution in [0, 0.1) is 0 Å². The Bertz CT molecular complexity index is 700. The summed E-state index contributed by atoms with van der Waals surface area (Å²) in [5.41, 5.74) is 0.421. The second kappa shape index (κ2) is 4.97. The van der Waals surface area contributed by atoms with Gasteiger partial charge in [0.2, 0.25) is 5.78 Å². The number of aromatic nitrogens is 2. The van der Waals surface area contributed by atoms with E-state index in [2.05, 4.69) is 4.98 Å². The molecular weight excluding hydrogens is 264 g/mol. The molecule has 19 heavy (non-hydrogen) atoms. The highest BCUT2D eigenvalue weighted by atomic mass is 32.2. The van der Waals surface area contributed by atoms with Gasteiger partial charge in [-0.2, -0.15) is 0 Å². The zero-order valence-electron chi connectivity index (χ0n) is 10.7. The Labute approximate surface area is 111 Å². The number of imidazole rings is 1. The van der Waals surface area contributed by atoms with E-state index in [4.69, 9.17) is 0 Å². The first-order valence-corrected chi connectivity index (χ1v) is 7.46. The topological polar surface area (TPSA) is 69.0 Å². The molecule has 100 valence electrons. The van der Waals surface area contributed by atoms with Crippen molar-refractivity contribution in [3.05, 3.63) is 48.0 Å². The molecule has 0 aliphatic carbocycles. The van der Waals surface area contributed by atoms with Gasteiger partial charge in [0.1, 0.15) is 0 Å². The molecule has 0 N–H and O–H groups in total. The van der Waals surface area contributed by atoms with Crippen LogP contribution in [-0.2, 0) is 16.9 Å². The third-order valence-electron chi connectivity index (χ3n) is 2.88. The van der Waals surface area contributed by atoms with Crippen LogP contribution < -0.4 is 0 Å². The third kappa shape index (κ3) is 2.58. The lowest BCUT2D eigenvalue weighted by Crippen LogP contribution is -2.09. The Hall–Kier alpha value is -1.95. The fraction of sp³-hybridized carbons (Fsp3) is 0.231. The highest BCUT2D eigenvalue weighted by Crippen LogP contribution is 2.14. The lowest BCUT2D eigenvalue weighted by molar-refractivity contribution is 0.102. The SMILES string of the molecule is CCS(=O)(=O)c1ccc(C(=O)c2nccn2C)cc1. The fourth-order valence-corrected chi connectivity index (χ4v) is 2.58. The Morgan fingerprint density at radius 3 is 2.37 bits per heavy atom. The van der Waals surface area contributed by atoms with Gasteiger partial charge in [-0.15, -0.1) is 0 Å². The van der Waals surface area contributed by atoms with Gasteiger partial charge in [0.15, 0.2) is 15.7 Å². The number of hydrogen-bond acceptors (Lipinski definition) is 4. The van der Waals surface area contributed by atoms with Crippen LogP contribution in [0.25, 0.3) is 0 Å². The average molecular weight is 278 g/mol. The van der Waals surface area contributed by atoms with Crippen LogP contribution in [-0.4, -0.2) is 29.5 Å². The van der Waals surface area contributed by atoms with Gasteiger partial charge in [-0.05, 0) is 24.3 Å². The van der Waals surface area contributed by atoms with Crippen molar-refractivity contribution in [1.82, 2.24) is 9.55 Å². The second-order valence-corrected chi connectivity index (χ2v) is 6.40. The van der Waals surface area contributed by atoms with E-state index in [0.29, 0.717) is 11.4 Å². The molecule has 6 heteroatoms. The molecular formula is C13H14N2O3S. The first-order chi connectivity index (χ1) is 8.95. The van der Waals surface area contributed by atoms with Crippen LogP contribution in [0.4, 0.5) is 0 Å². The first-order valence-electron chi connectivity index (χ1n) is 5.80. The molecule has 1 heterocycles. The van der Waals surface area contributed by atoms with Crippen LogP contribution in [0.15, 0.2) is 41.6 Å². The molecule has 0 spiro atoms. The van der Waals surface area contributed by atoms with Crippen LogP contribution in [0.5, 0.6) is 0 Å². The third-order valence-corrected chi connectivity index (χ3v) is 4.63. The number of sulfone groups is 1. The van der Waals surface area contributed by atoms with E-state index < -0.39 is 9.84 Å². The minimum atomic E-state index is -3.23. The molecule has 0 radical (unpaired) electrons. The summed E-state index contributed by atoms with van der Waals surface area (Å²) in [7, 11) is -1.50. The number of carbonyl (C=O) groups is 1. The van der Waals surface area contributed by atoms with Crippen molar-refractivity contribution in [1.29, 1.82) is 0 Å². The highest BCUT2D eigenvalue weighted by molar-refractivity contribution is 7.91. The largest absolute Gasteiger partial charge is 0.331 e. The Morgan fingerprint density at radius 1 is 1.26 bits per heavy atom. The molecule has 0 amide bonds. The zero-order chi connectivity index (χ0) is 14.0. The molecule has 0 aliphatic heterocycles. The predicted octanol–water partition coefficient (Wildman–Crippen LogP) is 1.44. The van der Waals surface area contributed by atoms with E-state index in [0.717, 1.165) is 0 Å². The summed E-state index contributed by atoms with van der Waals surface area (Å²) < 4.78 is 25.0. The molecule has 1 aromatic carbocycles. The number of benzene rings is 1. The van der Waals surface area contributed by atoms with Crippen molar-refractivity contribution in [2.45, 2.75) is 11.8 Å². The monoisotopic (exact) mass is 278 g/mol. The van der Waals surface area contributed by atoms with Crippen LogP contribution >= 0.6 is 0 Å². The maximum absolute atomic E-state index is 12.1. The molecule has 0 atom stereocenters. The average Bonchev–Trinajstić information content (AvgIpc) is 2.84. The number of rotatable bonds is 4. The second-order valence-electron chi connectivity index (χ2n) is 4.12. The van der Waals surface area contributed by atoms with E-state index in [-0.39, 0.29) is 16.4 Å². The Kier molecular flexibility index (Phi) is 3.53. The smallest absolute Gasteiger partial charge is 0.228 e. The molecule has 0 unspecified atom stereocenters. The van der Waals surface area contributed by atoms with E-state index >= 15 is 0 Å². The minimum Gasteiger partial charge on any atom is -0.331 e. The molecule has 5 nitrogen and oxygen atoms in total. The van der Waals surface area contributed by atoms with Crippen molar-refractivity contribution in [2.24, 2.45) is 7.05 Å². The van der Waals surface area contributed by atoms with Gasteiger partial charge in [-0.1, -0.05) is 6.92 Å². The van der Waals surface area contributed by atoms with Crippen molar-refractivity contribution >= 4 is 15.6 Å². The van der Waals surface area contributed by atoms with Crippen molar-refractivity contribution < 1.29 is 13.2 Å². The van der Waals surface area contributed by atoms with Crippen LogP contribution in [0.1, 0.15) is 23.1 Å². The van der Waals surface area contributed by atoms with Gasteiger partial charge in [0, 0.05) is 25.0 Å². The highest BCUT2D eigenvalue weighted by Gasteiger charge is 2.16. The van der Waals surface area contributed by atoms with Crippen molar-refractivity contribution in [3.63, 3.8) is 0 Å². The van der Waals surface area contributed by atoms with Crippen LogP contribution in [0.2, 0.25) is 0 Å². The van der Waals surface area contributed by atoms with Crippen molar-refractivity contribution in [2.75, 3.05) is 5.75 Å². The quantitative estimate of drug-likeness (QED) is 0.794. The fourth-order valence-electron chi connectivity index (χ4n) is 1.69. The number of hydrogen-bond donors (Lipinski definition) is 0. The number of carbonyl (C=O) groups excluding carboxylic acids is 1. The zero-order valence-corrected chi connectivity index (χ0v) is 11.5. The summed E-state index contributed by atoms with van der Waals surface area (Å²) in [6, 6.07) is 5.93. The molecule has 2 aromatic rings. The van der Waals surface area contributed by atoms with Gasteiger partial charge >= 0.3 is 0 Å². The summed E-state index contributed by atoms with van der Waals surface area (Å²) in [5, 5.41) is 0. The van der Waals surface area contributed by atoms with Gasteiger partial charge in [0.05, 0.1) is 10.6 Å². The lowest BCUT2D eigenvalue weighted by atomic mass is 10.1. The normalized spacial score (nSPS) is 11.5. The van der Waals surface area contributed by atoms with Crippen LogP contribution in [0.3, 0.4) is 0 Å². The summed E-state index contributed by atoms with van der Waals surface area (Å²) in [4.78, 5) is 16.3.